The van der Waals surface area contributed by atoms with Crippen LogP contribution < -0.4 is 22.1 Å². The van der Waals surface area contributed by atoms with Crippen LogP contribution in [0.25, 0.3) is 33.5 Å². The number of nitrogens with zero attached hydrogens (tertiary/aromatic N) is 6. The van der Waals surface area contributed by atoms with Gasteiger partial charge in [0, 0.05) is 57.4 Å². The fourth-order valence-electron chi connectivity index (χ4n) is 5.77. The highest BCUT2D eigenvalue weighted by atomic mass is 79.9. The van der Waals surface area contributed by atoms with E-state index in [1.807, 2.05) is 101 Å². The molecule has 0 aliphatic rings. The van der Waals surface area contributed by atoms with E-state index in [1.165, 1.54) is 0 Å². The second-order valence-electron chi connectivity index (χ2n) is 11.7. The van der Waals surface area contributed by atoms with Crippen LogP contribution in [0.1, 0.15) is 11.1 Å². The molecule has 6 aromatic heterocycles. The molecule has 0 atom stereocenters. The second kappa shape index (κ2) is 15.2. The van der Waals surface area contributed by atoms with Crippen LogP contribution in [0, 0.1) is 6.92 Å². The SMILES string of the molecule is Cc1ccc(-c2cc(NCc3cccnc3)c3ncc(Br)n3c2N)c(Cl)c1.Nc1c(-c2ccccc2Cl)cc(Nc2cccnc2)c2ncc(Br)n12. The van der Waals surface area contributed by atoms with Crippen molar-refractivity contribution in [2.24, 2.45) is 0 Å². The highest BCUT2D eigenvalue weighted by Gasteiger charge is 2.18. The normalized spacial score (nSPS) is 11.0. The van der Waals surface area contributed by atoms with E-state index in [-0.39, 0.29) is 0 Å². The molecular formula is C38H30Br2Cl2N10. The number of rotatable bonds is 7. The molecule has 52 heavy (non-hydrogen) atoms. The smallest absolute Gasteiger partial charge is 0.163 e. The van der Waals surface area contributed by atoms with Gasteiger partial charge in [-0.2, -0.15) is 0 Å². The third-order valence-corrected chi connectivity index (χ3v) is 10.0. The van der Waals surface area contributed by atoms with Gasteiger partial charge in [-0.1, -0.05) is 59.6 Å². The number of nitrogens with two attached hydrogens (primary N) is 2. The molecule has 6 N–H and O–H groups in total. The molecular weight excluding hydrogens is 827 g/mol. The summed E-state index contributed by atoms with van der Waals surface area (Å²) < 4.78 is 5.27. The van der Waals surface area contributed by atoms with Gasteiger partial charge in [-0.3, -0.25) is 18.8 Å². The van der Waals surface area contributed by atoms with Crippen molar-refractivity contribution in [3.63, 3.8) is 0 Å². The van der Waals surface area contributed by atoms with Gasteiger partial charge in [0.2, 0.25) is 0 Å². The van der Waals surface area contributed by atoms with Gasteiger partial charge in [-0.25, -0.2) is 9.97 Å². The van der Waals surface area contributed by atoms with E-state index in [4.69, 9.17) is 34.7 Å². The lowest BCUT2D eigenvalue weighted by molar-refractivity contribution is 1.10. The van der Waals surface area contributed by atoms with Crippen molar-refractivity contribution < 1.29 is 0 Å². The Morgan fingerprint density at radius 3 is 1.88 bits per heavy atom. The topological polar surface area (TPSA) is 136 Å². The Kier molecular flexibility index (Phi) is 10.3. The highest BCUT2D eigenvalue weighted by molar-refractivity contribution is 9.10. The molecule has 0 radical (unpaired) electrons. The maximum Gasteiger partial charge on any atom is 0.163 e. The lowest BCUT2D eigenvalue weighted by Crippen LogP contribution is -2.06. The van der Waals surface area contributed by atoms with E-state index in [1.54, 1.807) is 31.0 Å². The van der Waals surface area contributed by atoms with Crippen molar-refractivity contribution in [1.82, 2.24) is 28.7 Å². The van der Waals surface area contributed by atoms with E-state index < -0.39 is 0 Å². The first kappa shape index (κ1) is 35.3. The van der Waals surface area contributed by atoms with Gasteiger partial charge in [-0.05, 0) is 92.4 Å². The minimum Gasteiger partial charge on any atom is -0.384 e. The zero-order valence-corrected chi connectivity index (χ0v) is 32.2. The standard InChI is InChI=1S/C20H17BrClN5.C18H13BrClN5/c1-12-4-5-14(16(22)7-12)15-8-17(25-10-13-3-2-6-24-9-13)20-26-11-18(21)27(20)19(15)23;19-16-10-23-18-15(24-11-4-3-7-22-9-11)8-13(17(21)25(16)18)12-5-1-2-6-14(12)20/h2-9,11,25H,10,23H2,1H3;1-10,24H,21H2. The van der Waals surface area contributed by atoms with Crippen molar-refractivity contribution in [2.45, 2.75) is 13.5 Å². The quantitative estimate of drug-likeness (QED) is 0.124. The van der Waals surface area contributed by atoms with Crippen LogP contribution in [-0.4, -0.2) is 28.7 Å². The first-order chi connectivity index (χ1) is 25.2. The molecule has 8 aromatic rings. The molecule has 260 valence electrons. The van der Waals surface area contributed by atoms with Gasteiger partial charge in [0.15, 0.2) is 11.3 Å². The number of nitrogens with one attached hydrogen (secondary N) is 2. The molecule has 0 bridgehead atoms. The zero-order valence-electron chi connectivity index (χ0n) is 27.5. The molecule has 0 aliphatic carbocycles. The summed E-state index contributed by atoms with van der Waals surface area (Å²) >= 11 is 19.9. The first-order valence-corrected chi connectivity index (χ1v) is 18.3. The molecule has 14 heteroatoms. The first-order valence-electron chi connectivity index (χ1n) is 15.9. The number of hydrogen-bond acceptors (Lipinski definition) is 8. The van der Waals surface area contributed by atoms with Gasteiger partial charge >= 0.3 is 0 Å². The van der Waals surface area contributed by atoms with Crippen LogP contribution in [0.5, 0.6) is 0 Å². The van der Waals surface area contributed by atoms with Crippen molar-refractivity contribution >= 4 is 95.1 Å². The summed E-state index contributed by atoms with van der Waals surface area (Å²) in [5.41, 5.74) is 22.5. The van der Waals surface area contributed by atoms with E-state index in [0.717, 1.165) is 65.3 Å². The second-order valence-corrected chi connectivity index (χ2v) is 14.2. The molecule has 10 nitrogen and oxygen atoms in total. The molecule has 0 saturated heterocycles. The number of halogens is 4. The Labute approximate surface area is 326 Å². The molecule has 0 saturated carbocycles. The van der Waals surface area contributed by atoms with Crippen LogP contribution in [0.2, 0.25) is 10.0 Å². The van der Waals surface area contributed by atoms with E-state index in [2.05, 4.69) is 62.4 Å². The Morgan fingerprint density at radius 2 is 1.27 bits per heavy atom. The highest BCUT2D eigenvalue weighted by Crippen LogP contribution is 2.39. The Bertz CT molecular complexity index is 2540. The summed E-state index contributed by atoms with van der Waals surface area (Å²) in [6.07, 6.45) is 10.5. The zero-order chi connectivity index (χ0) is 36.4. The Balaban J connectivity index is 0.000000162. The predicted octanol–water partition coefficient (Wildman–Crippen LogP) is 10.5. The molecule has 2 aromatic carbocycles. The molecule has 0 aliphatic heterocycles. The molecule has 0 amide bonds. The number of aryl methyl sites for hydroxylation is 1. The summed E-state index contributed by atoms with van der Waals surface area (Å²) in [4.78, 5) is 17.2. The van der Waals surface area contributed by atoms with Gasteiger partial charge in [0.05, 0.1) is 35.7 Å². The van der Waals surface area contributed by atoms with E-state index in [9.17, 15) is 0 Å². The fourth-order valence-corrected chi connectivity index (χ4v) is 7.27. The van der Waals surface area contributed by atoms with Crippen molar-refractivity contribution in [3.8, 4) is 22.3 Å². The van der Waals surface area contributed by atoms with Gasteiger partial charge in [0.25, 0.3) is 0 Å². The molecule has 0 spiro atoms. The molecule has 8 rings (SSSR count). The third kappa shape index (κ3) is 7.15. The average molecular weight is 857 g/mol. The maximum absolute atomic E-state index is 6.51. The minimum atomic E-state index is 0.559. The van der Waals surface area contributed by atoms with Crippen LogP contribution in [-0.2, 0) is 6.54 Å². The summed E-state index contributed by atoms with van der Waals surface area (Å²) in [5.74, 6) is 1.14. The fraction of sp³-hybridized carbons (Fsp3) is 0.0526. The molecule has 0 fully saturated rings. The van der Waals surface area contributed by atoms with Crippen molar-refractivity contribution in [3.05, 3.63) is 146 Å². The summed E-state index contributed by atoms with van der Waals surface area (Å²) in [7, 11) is 0. The van der Waals surface area contributed by atoms with Gasteiger partial charge < -0.3 is 22.1 Å². The number of aromatic nitrogens is 6. The Hall–Kier alpha value is -5.14. The summed E-state index contributed by atoms with van der Waals surface area (Å²) in [6.45, 7) is 2.63. The lowest BCUT2D eigenvalue weighted by Gasteiger charge is -2.15. The Morgan fingerprint density at radius 1 is 0.654 bits per heavy atom. The number of fused-ring (bicyclic) bond motifs is 2. The van der Waals surface area contributed by atoms with Crippen molar-refractivity contribution in [1.29, 1.82) is 0 Å². The third-order valence-electron chi connectivity index (χ3n) is 8.26. The number of imidazole rings is 2. The molecule has 6 heterocycles. The number of benzene rings is 2. The largest absolute Gasteiger partial charge is 0.384 e. The van der Waals surface area contributed by atoms with Gasteiger partial charge in [-0.15, -0.1) is 0 Å². The van der Waals surface area contributed by atoms with E-state index >= 15 is 0 Å². The maximum atomic E-state index is 6.51. The van der Waals surface area contributed by atoms with Crippen LogP contribution in [0.15, 0.2) is 125 Å². The monoisotopic (exact) mass is 854 g/mol. The van der Waals surface area contributed by atoms with E-state index in [0.29, 0.717) is 33.9 Å². The molecule has 0 unspecified atom stereocenters. The average Bonchev–Trinajstić information content (AvgIpc) is 3.74. The van der Waals surface area contributed by atoms with Crippen LogP contribution in [0.3, 0.4) is 0 Å². The predicted molar refractivity (Wildman–Crippen MR) is 219 cm³/mol. The summed E-state index contributed by atoms with van der Waals surface area (Å²) in [6, 6.07) is 25.3. The van der Waals surface area contributed by atoms with Crippen LogP contribution in [0.4, 0.5) is 28.7 Å². The lowest BCUT2D eigenvalue weighted by atomic mass is 10.0. The summed E-state index contributed by atoms with van der Waals surface area (Å²) in [5, 5.41) is 8.09. The number of anilines is 5. The minimum absolute atomic E-state index is 0.559. The van der Waals surface area contributed by atoms with Gasteiger partial charge in [0.1, 0.15) is 20.8 Å². The van der Waals surface area contributed by atoms with Crippen LogP contribution >= 0.6 is 55.1 Å². The number of hydrogen-bond donors (Lipinski definition) is 4. The van der Waals surface area contributed by atoms with Crippen molar-refractivity contribution in [2.75, 3.05) is 22.1 Å². The number of pyridine rings is 4. The number of nitrogen functional groups attached to an aromatic ring is 2.